The minimum atomic E-state index is -0.0329. The maximum Gasteiger partial charge on any atom is 0.272 e. The van der Waals surface area contributed by atoms with Gasteiger partial charge in [0.1, 0.15) is 0 Å². The number of rotatable bonds is 3. The van der Waals surface area contributed by atoms with Gasteiger partial charge in [0.25, 0.3) is 11.8 Å². The molecule has 1 aliphatic carbocycles. The Morgan fingerprint density at radius 3 is 2.42 bits per heavy atom. The zero-order valence-corrected chi connectivity index (χ0v) is 27.0. The molecule has 10 rings (SSSR count). The van der Waals surface area contributed by atoms with Gasteiger partial charge in [0, 0.05) is 61.2 Å². The number of nitrogens with zero attached hydrogens (tertiary/aromatic N) is 5. The Morgan fingerprint density at radius 1 is 0.889 bits per heavy atom. The Labute approximate surface area is 267 Å². The molecule has 5 fully saturated rings. The van der Waals surface area contributed by atoms with Crippen LogP contribution in [0.4, 0.5) is 0 Å². The van der Waals surface area contributed by atoms with Crippen LogP contribution in [0.15, 0.2) is 42.5 Å². The summed E-state index contributed by atoms with van der Waals surface area (Å²) in [5.74, 6) is 1.61. The van der Waals surface area contributed by atoms with Crippen molar-refractivity contribution < 1.29 is 9.59 Å². The van der Waals surface area contributed by atoms with Crippen LogP contribution in [0.25, 0.3) is 10.9 Å². The molecule has 7 aliphatic rings. The fourth-order valence-corrected chi connectivity index (χ4v) is 9.78. The van der Waals surface area contributed by atoms with Crippen LogP contribution < -0.4 is 5.32 Å². The van der Waals surface area contributed by atoms with Gasteiger partial charge in [-0.1, -0.05) is 36.8 Å². The first-order chi connectivity index (χ1) is 21.9. The Hall–Kier alpha value is -3.23. The van der Waals surface area contributed by atoms with E-state index in [2.05, 4.69) is 50.4 Å². The molecule has 238 valence electrons. The number of aromatic nitrogens is 2. The highest BCUT2D eigenvalue weighted by Gasteiger charge is 2.44. The number of nitrogens with one attached hydrogen (secondary N) is 1. The van der Waals surface area contributed by atoms with Crippen molar-refractivity contribution in [3.8, 4) is 0 Å². The highest BCUT2D eigenvalue weighted by atomic mass is 16.2. The first-order valence-corrected chi connectivity index (χ1v) is 17.5. The van der Waals surface area contributed by atoms with Gasteiger partial charge in [0.15, 0.2) is 5.69 Å². The van der Waals surface area contributed by atoms with Crippen molar-refractivity contribution in [3.05, 3.63) is 64.8 Å². The summed E-state index contributed by atoms with van der Waals surface area (Å²) < 4.78 is 1.79. The van der Waals surface area contributed by atoms with Crippen molar-refractivity contribution in [2.75, 3.05) is 33.2 Å². The van der Waals surface area contributed by atoms with Crippen LogP contribution >= 0.6 is 0 Å². The molecule has 8 nitrogen and oxygen atoms in total. The van der Waals surface area contributed by atoms with Gasteiger partial charge in [0.2, 0.25) is 0 Å². The van der Waals surface area contributed by atoms with Crippen molar-refractivity contribution in [2.24, 2.45) is 13.0 Å². The summed E-state index contributed by atoms with van der Waals surface area (Å²) in [6, 6.07) is 16.3. The highest BCUT2D eigenvalue weighted by Crippen LogP contribution is 2.41. The van der Waals surface area contributed by atoms with Crippen molar-refractivity contribution >= 4 is 22.7 Å². The van der Waals surface area contributed by atoms with Gasteiger partial charge in [-0.25, -0.2) is 0 Å². The average molecular weight is 609 g/mol. The monoisotopic (exact) mass is 608 g/mol. The quantitative estimate of drug-likeness (QED) is 0.455. The number of hydrogen-bond donors (Lipinski definition) is 1. The number of benzene rings is 2. The van der Waals surface area contributed by atoms with Crippen LogP contribution in [-0.2, 0) is 13.5 Å². The van der Waals surface area contributed by atoms with Gasteiger partial charge in [0.05, 0.1) is 5.52 Å². The van der Waals surface area contributed by atoms with Crippen LogP contribution in [0, 0.1) is 5.92 Å². The Kier molecular flexibility index (Phi) is 7.69. The average Bonchev–Trinajstić information content (AvgIpc) is 3.40. The second kappa shape index (κ2) is 11.8. The predicted octanol–water partition coefficient (Wildman–Crippen LogP) is 4.97. The number of carbonyl (C=O) groups is 2. The van der Waals surface area contributed by atoms with E-state index in [-0.39, 0.29) is 11.9 Å². The van der Waals surface area contributed by atoms with Gasteiger partial charge in [-0.2, -0.15) is 5.10 Å². The Bertz CT molecular complexity index is 1580. The SMILES string of the molecule is CN1[C@@H]2CCC[C@H]1C[C@@H](NC(=O)c1nn(C)c3ccccc13)C2.O=C1c2cccc3c2[C@H](CCC3)CN1[C@@H]1CN2CCC1CC2. The van der Waals surface area contributed by atoms with E-state index in [1.54, 1.807) is 4.68 Å². The number of aryl methyl sites for hydroxylation is 2. The maximum atomic E-state index is 13.1. The number of amides is 2. The lowest BCUT2D eigenvalue weighted by Gasteiger charge is -2.51. The Balaban J connectivity index is 0.000000134. The third kappa shape index (κ3) is 5.28. The van der Waals surface area contributed by atoms with Gasteiger partial charge >= 0.3 is 0 Å². The molecule has 45 heavy (non-hydrogen) atoms. The van der Waals surface area contributed by atoms with Crippen LogP contribution in [0.3, 0.4) is 0 Å². The van der Waals surface area contributed by atoms with E-state index >= 15 is 0 Å². The van der Waals surface area contributed by atoms with E-state index in [4.69, 9.17) is 0 Å². The van der Waals surface area contributed by atoms with Gasteiger partial charge < -0.3 is 20.0 Å². The van der Waals surface area contributed by atoms with Gasteiger partial charge in [-0.3, -0.25) is 14.3 Å². The molecule has 2 aromatic carbocycles. The summed E-state index contributed by atoms with van der Waals surface area (Å²) in [5.41, 5.74) is 5.40. The molecular formula is C37H48N6O2. The first kappa shape index (κ1) is 29.2. The van der Waals surface area contributed by atoms with Crippen LogP contribution in [-0.4, -0.2) is 93.7 Å². The molecule has 0 saturated carbocycles. The number of hydrogen-bond acceptors (Lipinski definition) is 5. The van der Waals surface area contributed by atoms with E-state index in [1.165, 1.54) is 69.2 Å². The molecular weight excluding hydrogens is 560 g/mol. The minimum absolute atomic E-state index is 0.0329. The lowest BCUT2D eigenvalue weighted by atomic mass is 9.75. The van der Waals surface area contributed by atoms with Crippen LogP contribution in [0.1, 0.15) is 95.7 Å². The van der Waals surface area contributed by atoms with E-state index < -0.39 is 0 Å². The van der Waals surface area contributed by atoms with Crippen molar-refractivity contribution in [1.29, 1.82) is 0 Å². The van der Waals surface area contributed by atoms with E-state index in [9.17, 15) is 9.59 Å². The number of piperidine rings is 5. The molecule has 7 heterocycles. The fraction of sp³-hybridized carbons (Fsp3) is 0.595. The molecule has 6 aliphatic heterocycles. The largest absolute Gasteiger partial charge is 0.348 e. The Morgan fingerprint density at radius 2 is 1.67 bits per heavy atom. The summed E-state index contributed by atoms with van der Waals surface area (Å²) in [5, 5.41) is 8.62. The molecule has 5 saturated heterocycles. The molecule has 8 heteroatoms. The summed E-state index contributed by atoms with van der Waals surface area (Å²) in [4.78, 5) is 33.2. The second-order valence-electron chi connectivity index (χ2n) is 14.7. The van der Waals surface area contributed by atoms with E-state index in [1.807, 2.05) is 31.3 Å². The lowest BCUT2D eigenvalue weighted by Crippen LogP contribution is -2.60. The molecule has 1 aromatic heterocycles. The van der Waals surface area contributed by atoms with Gasteiger partial charge in [-0.05, 0) is 107 Å². The predicted molar refractivity (Wildman–Crippen MR) is 177 cm³/mol. The lowest BCUT2D eigenvalue weighted by molar-refractivity contribution is 0.00258. The topological polar surface area (TPSA) is 73.7 Å². The molecule has 0 spiro atoms. The molecule has 3 aromatic rings. The zero-order chi connectivity index (χ0) is 30.7. The van der Waals surface area contributed by atoms with Crippen molar-refractivity contribution in [2.45, 2.75) is 94.3 Å². The number of para-hydroxylation sites is 1. The zero-order valence-electron chi connectivity index (χ0n) is 27.0. The van der Waals surface area contributed by atoms with E-state index in [0.717, 1.165) is 54.7 Å². The fourth-order valence-electron chi connectivity index (χ4n) is 9.78. The molecule has 2 amide bonds. The first-order valence-electron chi connectivity index (χ1n) is 17.5. The third-order valence-electron chi connectivity index (χ3n) is 12.2. The third-order valence-corrected chi connectivity index (χ3v) is 12.2. The molecule has 0 unspecified atom stereocenters. The molecule has 1 N–H and O–H groups in total. The second-order valence-corrected chi connectivity index (χ2v) is 14.7. The number of carbonyl (C=O) groups excluding carboxylic acids is 2. The van der Waals surface area contributed by atoms with Crippen molar-refractivity contribution in [3.63, 3.8) is 0 Å². The highest BCUT2D eigenvalue weighted by molar-refractivity contribution is 6.05. The normalized spacial score (nSPS) is 32.1. The number of fused-ring (bicyclic) bond motifs is 6. The summed E-state index contributed by atoms with van der Waals surface area (Å²) >= 11 is 0. The molecule has 4 bridgehead atoms. The van der Waals surface area contributed by atoms with Crippen LogP contribution in [0.5, 0.6) is 0 Å². The smallest absolute Gasteiger partial charge is 0.272 e. The van der Waals surface area contributed by atoms with Crippen LogP contribution in [0.2, 0.25) is 0 Å². The standard InChI is InChI=1S/C19H24N2O.C18H24N4O/c22-19-16-6-2-4-14-3-1-5-15(18(14)16)11-21(19)17-12-20-9-7-13(17)8-10-20;1-21-13-6-5-7-14(21)11-12(10-13)19-18(23)17-15-8-3-4-9-16(15)22(2)20-17/h2,4,6,13,15,17H,1,3,5,7-12H2;3-4,8-9,12-14H,5-7,10-11H2,1-2H3,(H,19,23)/t15-,17-;12-,13+,14-/m1./s1. The molecule has 0 radical (unpaired) electrons. The summed E-state index contributed by atoms with van der Waals surface area (Å²) in [6.07, 6.45) is 12.2. The molecule has 5 atom stereocenters. The summed E-state index contributed by atoms with van der Waals surface area (Å²) in [7, 11) is 4.12. The van der Waals surface area contributed by atoms with Crippen molar-refractivity contribution in [1.82, 2.24) is 29.8 Å². The minimum Gasteiger partial charge on any atom is -0.348 e. The van der Waals surface area contributed by atoms with Gasteiger partial charge in [-0.15, -0.1) is 0 Å². The maximum absolute atomic E-state index is 13.1. The van der Waals surface area contributed by atoms with E-state index in [0.29, 0.717) is 35.6 Å². The summed E-state index contributed by atoms with van der Waals surface area (Å²) in [6.45, 7) is 4.57.